The van der Waals surface area contributed by atoms with Crippen molar-refractivity contribution >= 4 is 23.0 Å². The number of rotatable bonds is 6. The summed E-state index contributed by atoms with van der Waals surface area (Å²) in [4.78, 5) is 4.76. The van der Waals surface area contributed by atoms with Gasteiger partial charge in [0, 0.05) is 32.2 Å². The molecule has 1 N–H and O–H groups in total. The Hall–Kier alpha value is -3.09. The van der Waals surface area contributed by atoms with Crippen LogP contribution in [0.5, 0.6) is 11.5 Å². The monoisotopic (exact) mass is 447 g/mol. The minimum atomic E-state index is 0.236. The van der Waals surface area contributed by atoms with Crippen LogP contribution >= 0.6 is 12.2 Å². The number of hydrogen-bond donors (Lipinski definition) is 1. The highest BCUT2D eigenvalue weighted by atomic mass is 32.1. The molecule has 0 aliphatic carbocycles. The fraction of sp³-hybridized carbons (Fsp3) is 0.269. The summed E-state index contributed by atoms with van der Waals surface area (Å²) in [6.45, 7) is 3.56. The van der Waals surface area contributed by atoms with Crippen molar-refractivity contribution < 1.29 is 9.47 Å². The predicted octanol–water partition coefficient (Wildman–Crippen LogP) is 4.81. The van der Waals surface area contributed by atoms with E-state index in [1.165, 1.54) is 11.1 Å². The van der Waals surface area contributed by atoms with Crippen LogP contribution in [0.1, 0.15) is 17.2 Å². The van der Waals surface area contributed by atoms with Crippen molar-refractivity contribution in [3.63, 3.8) is 0 Å². The smallest absolute Gasteiger partial charge is 0.173 e. The van der Waals surface area contributed by atoms with Crippen LogP contribution in [-0.2, 0) is 0 Å². The van der Waals surface area contributed by atoms with Gasteiger partial charge in [0.2, 0.25) is 0 Å². The van der Waals surface area contributed by atoms with Crippen LogP contribution in [0, 0.1) is 0 Å². The Morgan fingerprint density at radius 1 is 0.812 bits per heavy atom. The second kappa shape index (κ2) is 10.5. The van der Waals surface area contributed by atoms with Gasteiger partial charge in [0.15, 0.2) is 5.11 Å². The van der Waals surface area contributed by atoms with E-state index in [1.54, 1.807) is 14.2 Å². The molecule has 0 saturated carbocycles. The highest BCUT2D eigenvalue weighted by molar-refractivity contribution is 7.80. The largest absolute Gasteiger partial charge is 0.497 e. The minimum absolute atomic E-state index is 0.236. The number of hydrogen-bond acceptors (Lipinski definition) is 4. The lowest BCUT2D eigenvalue weighted by Gasteiger charge is -2.40. The van der Waals surface area contributed by atoms with Gasteiger partial charge in [-0.15, -0.1) is 0 Å². The number of methoxy groups -OCH3 is 2. The molecule has 166 valence electrons. The van der Waals surface area contributed by atoms with Crippen molar-refractivity contribution in [2.45, 2.75) is 6.04 Å². The Kier molecular flexibility index (Phi) is 7.24. The maximum absolute atomic E-state index is 5.73. The first-order valence-corrected chi connectivity index (χ1v) is 11.2. The average Bonchev–Trinajstić information content (AvgIpc) is 2.86. The second-order valence-electron chi connectivity index (χ2n) is 7.74. The molecule has 5 nitrogen and oxygen atoms in total. The molecular weight excluding hydrogens is 418 g/mol. The zero-order valence-corrected chi connectivity index (χ0v) is 19.3. The summed E-state index contributed by atoms with van der Waals surface area (Å²) >= 11 is 5.73. The number of benzene rings is 3. The van der Waals surface area contributed by atoms with Gasteiger partial charge < -0.3 is 19.7 Å². The topological polar surface area (TPSA) is 37.0 Å². The quantitative estimate of drug-likeness (QED) is 0.547. The molecule has 0 bridgehead atoms. The van der Waals surface area contributed by atoms with E-state index >= 15 is 0 Å². The molecule has 0 spiro atoms. The van der Waals surface area contributed by atoms with Gasteiger partial charge in [-0.1, -0.05) is 60.7 Å². The molecule has 0 radical (unpaired) electrons. The third kappa shape index (κ3) is 5.03. The third-order valence-electron chi connectivity index (χ3n) is 5.85. The van der Waals surface area contributed by atoms with E-state index < -0.39 is 0 Å². The van der Waals surface area contributed by atoms with E-state index in [0.29, 0.717) is 5.11 Å². The number of nitrogens with zero attached hydrogens (tertiary/aromatic N) is 2. The molecule has 1 aliphatic rings. The Balaban J connectivity index is 1.45. The van der Waals surface area contributed by atoms with Gasteiger partial charge >= 0.3 is 0 Å². The van der Waals surface area contributed by atoms with Crippen molar-refractivity contribution in [2.75, 3.05) is 45.7 Å². The zero-order chi connectivity index (χ0) is 22.3. The molecule has 1 saturated heterocycles. The molecule has 4 rings (SSSR count). The first-order valence-electron chi connectivity index (χ1n) is 10.8. The molecular formula is C26H29N3O2S. The minimum Gasteiger partial charge on any atom is -0.497 e. The van der Waals surface area contributed by atoms with Crippen LogP contribution in [0.2, 0.25) is 0 Å². The molecule has 0 atom stereocenters. The summed E-state index contributed by atoms with van der Waals surface area (Å²) < 4.78 is 10.8. The van der Waals surface area contributed by atoms with Crippen molar-refractivity contribution in [3.05, 3.63) is 90.0 Å². The molecule has 0 aromatic heterocycles. The van der Waals surface area contributed by atoms with E-state index in [0.717, 1.165) is 43.4 Å². The van der Waals surface area contributed by atoms with E-state index in [-0.39, 0.29) is 6.04 Å². The maximum Gasteiger partial charge on any atom is 0.173 e. The van der Waals surface area contributed by atoms with Gasteiger partial charge in [-0.3, -0.25) is 4.90 Å². The molecule has 3 aromatic rings. The molecule has 0 amide bonds. The molecule has 1 fully saturated rings. The molecule has 1 aliphatic heterocycles. The van der Waals surface area contributed by atoms with E-state index in [9.17, 15) is 0 Å². The maximum atomic E-state index is 5.73. The second-order valence-corrected chi connectivity index (χ2v) is 8.13. The third-order valence-corrected chi connectivity index (χ3v) is 6.21. The molecule has 3 aromatic carbocycles. The molecule has 0 unspecified atom stereocenters. The van der Waals surface area contributed by atoms with Crippen molar-refractivity contribution in [1.82, 2.24) is 9.80 Å². The Morgan fingerprint density at radius 2 is 1.41 bits per heavy atom. The fourth-order valence-corrected chi connectivity index (χ4v) is 4.47. The van der Waals surface area contributed by atoms with Crippen molar-refractivity contribution in [2.24, 2.45) is 0 Å². The summed E-state index contributed by atoms with van der Waals surface area (Å²) in [5.41, 5.74) is 3.44. The standard InChI is InChI=1S/C26H29N3O2S/c1-30-22-13-14-24(31-2)23(19-22)27-26(32)29-17-15-28(16-18-29)25(20-9-5-3-6-10-20)21-11-7-4-8-12-21/h3-14,19,25H,15-18H2,1-2H3,(H,27,32). The zero-order valence-electron chi connectivity index (χ0n) is 18.5. The van der Waals surface area contributed by atoms with Crippen LogP contribution in [0.25, 0.3) is 0 Å². The summed E-state index contributed by atoms with van der Waals surface area (Å²) in [6, 6.07) is 27.3. The number of ether oxygens (including phenoxy) is 2. The van der Waals surface area contributed by atoms with Crippen LogP contribution < -0.4 is 14.8 Å². The first kappa shape index (κ1) is 22.1. The fourth-order valence-electron chi connectivity index (χ4n) is 4.17. The van der Waals surface area contributed by atoms with Gasteiger partial charge in [0.05, 0.1) is 25.9 Å². The van der Waals surface area contributed by atoms with Crippen LogP contribution in [0.15, 0.2) is 78.9 Å². The summed E-state index contributed by atoms with van der Waals surface area (Å²) in [6.07, 6.45) is 0. The number of piperazine rings is 1. The summed E-state index contributed by atoms with van der Waals surface area (Å²) in [7, 11) is 3.31. The van der Waals surface area contributed by atoms with Crippen LogP contribution in [0.3, 0.4) is 0 Å². The van der Waals surface area contributed by atoms with Gasteiger partial charge in [-0.2, -0.15) is 0 Å². The van der Waals surface area contributed by atoms with Crippen molar-refractivity contribution in [3.8, 4) is 11.5 Å². The highest BCUT2D eigenvalue weighted by Crippen LogP contribution is 2.31. The molecule has 32 heavy (non-hydrogen) atoms. The van der Waals surface area contributed by atoms with Crippen LogP contribution in [0.4, 0.5) is 5.69 Å². The normalized spacial score (nSPS) is 14.3. The Bertz CT molecular complexity index is 982. The lowest BCUT2D eigenvalue weighted by atomic mass is 9.96. The van der Waals surface area contributed by atoms with Gasteiger partial charge in [0.25, 0.3) is 0 Å². The summed E-state index contributed by atoms with van der Waals surface area (Å²) in [5.74, 6) is 1.49. The molecule has 1 heterocycles. The van der Waals surface area contributed by atoms with Gasteiger partial charge in [0.1, 0.15) is 11.5 Å². The highest BCUT2D eigenvalue weighted by Gasteiger charge is 2.27. The van der Waals surface area contributed by atoms with E-state index in [2.05, 4.69) is 75.8 Å². The predicted molar refractivity (Wildman–Crippen MR) is 134 cm³/mol. The van der Waals surface area contributed by atoms with E-state index in [1.807, 2.05) is 18.2 Å². The lowest BCUT2D eigenvalue weighted by Crippen LogP contribution is -2.51. The Labute approximate surface area is 195 Å². The van der Waals surface area contributed by atoms with Gasteiger partial charge in [-0.25, -0.2) is 0 Å². The van der Waals surface area contributed by atoms with Crippen molar-refractivity contribution in [1.29, 1.82) is 0 Å². The Morgan fingerprint density at radius 3 is 1.94 bits per heavy atom. The SMILES string of the molecule is COc1ccc(OC)c(NC(=S)N2CCN(C(c3ccccc3)c3ccccc3)CC2)c1. The first-order chi connectivity index (χ1) is 15.7. The number of anilines is 1. The van der Waals surface area contributed by atoms with E-state index in [4.69, 9.17) is 21.7 Å². The lowest BCUT2D eigenvalue weighted by molar-refractivity contribution is 0.151. The summed E-state index contributed by atoms with van der Waals surface area (Å²) in [5, 5.41) is 4.05. The van der Waals surface area contributed by atoms with Crippen LogP contribution in [-0.4, -0.2) is 55.3 Å². The average molecular weight is 448 g/mol. The molecule has 6 heteroatoms. The van der Waals surface area contributed by atoms with Gasteiger partial charge in [-0.05, 0) is 35.5 Å². The number of thiocarbonyl (C=S) groups is 1. The number of nitrogens with one attached hydrogen (secondary N) is 1.